The number of benzene rings is 4. The Morgan fingerprint density at radius 3 is 1.48 bits per heavy atom. The molecule has 0 amide bonds. The molecule has 0 bridgehead atoms. The van der Waals surface area contributed by atoms with E-state index in [1.807, 2.05) is 0 Å². The first-order valence-corrected chi connectivity index (χ1v) is 19.9. The summed E-state index contributed by atoms with van der Waals surface area (Å²) < 4.78 is 49.1. The van der Waals surface area contributed by atoms with Gasteiger partial charge < -0.3 is 16.4 Å². The molecule has 17 nitrogen and oxygen atoms in total. The van der Waals surface area contributed by atoms with Crippen LogP contribution in [-0.4, -0.2) is 54.0 Å². The van der Waals surface area contributed by atoms with Crippen molar-refractivity contribution in [2.24, 2.45) is 20.5 Å². The number of rotatable bonds is 8. The summed E-state index contributed by atoms with van der Waals surface area (Å²) in [7, 11) is -6.98. The molecule has 291 valence electrons. The fourth-order valence-electron chi connectivity index (χ4n) is 4.73. The number of H-pyrrole nitrogens is 2. The second kappa shape index (κ2) is 18.1. The van der Waals surface area contributed by atoms with Gasteiger partial charge in [-0.2, -0.15) is 5.11 Å². The zero-order valence-corrected chi connectivity index (χ0v) is 34.2. The van der Waals surface area contributed by atoms with E-state index in [0.29, 0.717) is 32.8 Å². The third kappa shape index (κ3) is 10.5. The molecule has 0 fully saturated rings. The average Bonchev–Trinajstić information content (AvgIpc) is 3.55. The number of aromatic amines is 2. The van der Waals surface area contributed by atoms with E-state index in [1.54, 1.807) is 62.4 Å². The van der Waals surface area contributed by atoms with Crippen molar-refractivity contribution in [3.05, 3.63) is 127 Å². The molecule has 0 spiro atoms. The van der Waals surface area contributed by atoms with E-state index >= 15 is 0 Å². The first-order chi connectivity index (χ1) is 25.3. The zero-order valence-electron chi connectivity index (χ0n) is 29.8. The molecule has 0 aliphatic carbocycles. The molecule has 56 heavy (non-hydrogen) atoms. The summed E-state index contributed by atoms with van der Waals surface area (Å²) in [4.78, 5) is 25.1. The molecule has 4 aromatic carbocycles. The average molecular weight is 882 g/mol. The van der Waals surface area contributed by atoms with E-state index in [2.05, 4.69) is 30.7 Å². The number of aromatic hydroxyl groups is 1. The van der Waals surface area contributed by atoms with Crippen LogP contribution >= 0.6 is 23.2 Å². The van der Waals surface area contributed by atoms with Gasteiger partial charge in [-0.1, -0.05) is 47.2 Å². The van der Waals surface area contributed by atoms with Gasteiger partial charge in [-0.3, -0.25) is 19.8 Å². The van der Waals surface area contributed by atoms with Crippen molar-refractivity contribution in [3.8, 4) is 22.9 Å². The second-order valence-electron chi connectivity index (χ2n) is 11.6. The number of phenols is 1. The van der Waals surface area contributed by atoms with Crippen molar-refractivity contribution in [2.45, 2.75) is 23.6 Å². The van der Waals surface area contributed by atoms with Crippen LogP contribution in [0, 0.1) is 13.8 Å². The van der Waals surface area contributed by atoms with Crippen LogP contribution in [-0.2, 0) is 37.0 Å². The molecule has 0 saturated heterocycles. The molecule has 0 aliphatic heterocycles. The van der Waals surface area contributed by atoms with Crippen molar-refractivity contribution in [1.82, 2.24) is 25.7 Å². The van der Waals surface area contributed by atoms with Gasteiger partial charge in [-0.15, -0.1) is 15.3 Å². The van der Waals surface area contributed by atoms with Gasteiger partial charge in [-0.25, -0.2) is 26.2 Å². The minimum absolute atomic E-state index is 0. The van der Waals surface area contributed by atoms with Crippen LogP contribution in [0.3, 0.4) is 0 Å². The fraction of sp³-hybridized carbons (Fsp3) is 0.118. The Morgan fingerprint density at radius 1 is 0.643 bits per heavy atom. The molecular formula is C34H32Cl2CrN9O8S2+2. The molecular weight excluding hydrogens is 849 g/mol. The molecule has 0 atom stereocenters. The summed E-state index contributed by atoms with van der Waals surface area (Å²) in [6.07, 6.45) is 2.06. The van der Waals surface area contributed by atoms with Gasteiger partial charge in [0.2, 0.25) is 0 Å². The SMILES string of the molecule is Cc1[nH]n(-c2cccc(Cl)c2)c(=O)c1N=Nc1cc(S(C)(=O)=O)ccc1O.Cc1[nH]n(-c2cccc(Cl)c2)c(=O)c1N=Nc1cc(S(C)(=O)=O)ccc1[O-].N.[Cr+3]. The molecule has 0 saturated carbocycles. The second-order valence-corrected chi connectivity index (χ2v) is 16.5. The summed E-state index contributed by atoms with van der Waals surface area (Å²) >= 11 is 11.9. The maximum absolute atomic E-state index is 12.6. The van der Waals surface area contributed by atoms with Crippen molar-refractivity contribution in [2.75, 3.05) is 12.5 Å². The van der Waals surface area contributed by atoms with Crippen LogP contribution in [0.15, 0.2) is 125 Å². The maximum atomic E-state index is 12.6. The van der Waals surface area contributed by atoms with E-state index in [9.17, 15) is 36.6 Å². The Bertz CT molecular complexity index is 2620. The van der Waals surface area contributed by atoms with Crippen LogP contribution < -0.4 is 22.4 Å². The van der Waals surface area contributed by atoms with Gasteiger partial charge in [0.15, 0.2) is 31.0 Å². The van der Waals surface area contributed by atoms with Crippen LogP contribution in [0.5, 0.6) is 11.5 Å². The zero-order chi connectivity index (χ0) is 39.5. The maximum Gasteiger partial charge on any atom is 3.00 e. The number of sulfone groups is 2. The standard InChI is InChI=1S/2C17H15ClN4O4S.Cr.H3N/c2*1-10-16(17(24)22(21-10)12-5-3-4-11(18)8-12)20-19-14-9-13(27(2,25)26)6-7-15(14)23;;/h2*3-9,21,23H,1-2H3;;1H3/q;;+3;/p-1. The van der Waals surface area contributed by atoms with E-state index in [4.69, 9.17) is 23.2 Å². The molecule has 6 N–H and O–H groups in total. The van der Waals surface area contributed by atoms with Crippen LogP contribution in [0.2, 0.25) is 10.0 Å². The number of hydrogen-bond acceptors (Lipinski definition) is 13. The Hall–Kier alpha value is -5.33. The first-order valence-electron chi connectivity index (χ1n) is 15.4. The normalized spacial score (nSPS) is 11.5. The summed E-state index contributed by atoms with van der Waals surface area (Å²) in [5.41, 5.74) is 0.762. The third-order valence-electron chi connectivity index (χ3n) is 7.46. The third-order valence-corrected chi connectivity index (χ3v) is 10.2. The Labute approximate surface area is 340 Å². The molecule has 1 radical (unpaired) electrons. The van der Waals surface area contributed by atoms with E-state index < -0.39 is 36.5 Å². The van der Waals surface area contributed by atoms with Crippen LogP contribution in [0.1, 0.15) is 11.4 Å². The van der Waals surface area contributed by atoms with Gasteiger partial charge in [-0.05, 0) is 80.6 Å². The van der Waals surface area contributed by atoms with Gasteiger partial charge in [0, 0.05) is 22.6 Å². The number of aryl methyl sites for hydroxylation is 2. The molecule has 0 aliphatic rings. The molecule has 2 heterocycles. The molecule has 2 aromatic heterocycles. The molecule has 0 unspecified atom stereocenters. The number of aromatic nitrogens is 4. The first kappa shape index (κ1) is 45.1. The van der Waals surface area contributed by atoms with E-state index in [1.165, 1.54) is 33.6 Å². The summed E-state index contributed by atoms with van der Waals surface area (Å²) in [5.74, 6) is -0.760. The smallest absolute Gasteiger partial charge is 0.871 e. The van der Waals surface area contributed by atoms with Crippen molar-refractivity contribution >= 4 is 65.6 Å². The minimum Gasteiger partial charge on any atom is -0.871 e. The monoisotopic (exact) mass is 880 g/mol. The van der Waals surface area contributed by atoms with Crippen LogP contribution in [0.25, 0.3) is 11.4 Å². The van der Waals surface area contributed by atoms with Crippen molar-refractivity contribution in [3.63, 3.8) is 0 Å². The summed E-state index contributed by atoms with van der Waals surface area (Å²) in [6.45, 7) is 3.27. The van der Waals surface area contributed by atoms with E-state index in [-0.39, 0.29) is 61.8 Å². The van der Waals surface area contributed by atoms with Crippen molar-refractivity contribution in [1.29, 1.82) is 0 Å². The number of phenolic OH excluding ortho intramolecular Hbond substituents is 1. The fourth-order valence-corrected chi connectivity index (χ4v) is 6.38. The molecule has 6 rings (SSSR count). The van der Waals surface area contributed by atoms with Gasteiger partial charge in [0.1, 0.15) is 11.4 Å². The quantitative estimate of drug-likeness (QED) is 0.116. The number of nitrogens with one attached hydrogen (secondary N) is 2. The summed E-state index contributed by atoms with van der Waals surface area (Å²) in [5, 5.41) is 43.8. The van der Waals surface area contributed by atoms with E-state index in [0.717, 1.165) is 24.6 Å². The number of azo groups is 2. The van der Waals surface area contributed by atoms with Crippen molar-refractivity contribution < 1.29 is 44.4 Å². The van der Waals surface area contributed by atoms with Gasteiger partial charge in [0.05, 0.1) is 38.2 Å². The minimum atomic E-state index is -3.50. The Balaban J connectivity index is 0.000000290. The molecule has 22 heteroatoms. The summed E-state index contributed by atoms with van der Waals surface area (Å²) in [6, 6.07) is 20.4. The largest absolute Gasteiger partial charge is 3.00 e. The number of hydrogen-bond donors (Lipinski definition) is 4. The van der Waals surface area contributed by atoms with Gasteiger partial charge in [0.25, 0.3) is 11.1 Å². The molecule has 6 aromatic rings. The topological polar surface area (TPSA) is 272 Å². The predicted molar refractivity (Wildman–Crippen MR) is 206 cm³/mol. The Morgan fingerprint density at radius 2 is 1.05 bits per heavy atom. The number of nitrogens with zero attached hydrogens (tertiary/aromatic N) is 6. The predicted octanol–water partition coefficient (Wildman–Crippen LogP) is 6.83. The number of halogens is 2. The van der Waals surface area contributed by atoms with Gasteiger partial charge >= 0.3 is 17.4 Å². The van der Waals surface area contributed by atoms with Crippen LogP contribution in [0.4, 0.5) is 22.7 Å². The Kier molecular flexibility index (Phi) is 14.6.